The molecular weight excluding hydrogens is 268 g/mol. The maximum absolute atomic E-state index is 12.2. The smallest absolute Gasteiger partial charge is 0.281 e. The van der Waals surface area contributed by atoms with Crippen LogP contribution < -0.4 is 15.0 Å². The lowest BCUT2D eigenvalue weighted by atomic mass is 10.2. The molecule has 0 atom stereocenters. The van der Waals surface area contributed by atoms with Crippen LogP contribution in [-0.2, 0) is 0 Å². The van der Waals surface area contributed by atoms with E-state index in [9.17, 15) is 4.79 Å². The van der Waals surface area contributed by atoms with Gasteiger partial charge in [0.25, 0.3) is 5.56 Å². The van der Waals surface area contributed by atoms with Crippen molar-refractivity contribution in [3.8, 4) is 22.9 Å². The second-order valence-electron chi connectivity index (χ2n) is 4.50. The van der Waals surface area contributed by atoms with Gasteiger partial charge in [0.1, 0.15) is 17.3 Å². The highest BCUT2D eigenvalue weighted by Crippen LogP contribution is 2.24. The number of methoxy groups -OCH3 is 2. The van der Waals surface area contributed by atoms with Gasteiger partial charge in [-0.25, -0.2) is 0 Å². The van der Waals surface area contributed by atoms with E-state index < -0.39 is 0 Å². The quantitative estimate of drug-likeness (QED) is 0.802. The van der Waals surface area contributed by atoms with E-state index in [1.165, 1.54) is 0 Å². The molecule has 2 aromatic carbocycles. The van der Waals surface area contributed by atoms with E-state index in [0.29, 0.717) is 22.5 Å². The van der Waals surface area contributed by atoms with Gasteiger partial charge < -0.3 is 14.5 Å². The number of nitrogens with one attached hydrogen (secondary N) is 1. The normalized spacial score (nSPS) is 10.6. The summed E-state index contributed by atoms with van der Waals surface area (Å²) in [6.07, 6.45) is 0. The lowest BCUT2D eigenvalue weighted by Crippen LogP contribution is -2.10. The lowest BCUT2D eigenvalue weighted by Gasteiger charge is -2.07. The minimum Gasteiger partial charge on any atom is -0.497 e. The molecule has 0 bridgehead atoms. The number of hydrogen-bond acceptors (Lipinski definition) is 4. The summed E-state index contributed by atoms with van der Waals surface area (Å²) in [5.74, 6) is 1.86. The number of para-hydroxylation sites is 1. The zero-order chi connectivity index (χ0) is 14.8. The summed E-state index contributed by atoms with van der Waals surface area (Å²) in [5.41, 5.74) is 1.17. The summed E-state index contributed by atoms with van der Waals surface area (Å²) in [4.78, 5) is 19.4. The molecule has 0 unspecified atom stereocenters. The van der Waals surface area contributed by atoms with Crippen molar-refractivity contribution in [2.45, 2.75) is 0 Å². The first-order valence-electron chi connectivity index (χ1n) is 6.44. The topological polar surface area (TPSA) is 64.2 Å². The van der Waals surface area contributed by atoms with Crippen molar-refractivity contribution in [1.82, 2.24) is 9.97 Å². The van der Waals surface area contributed by atoms with Crippen LogP contribution >= 0.6 is 0 Å². The fourth-order valence-electron chi connectivity index (χ4n) is 2.20. The van der Waals surface area contributed by atoms with E-state index in [0.717, 1.165) is 11.3 Å². The summed E-state index contributed by atoms with van der Waals surface area (Å²) in [6, 6.07) is 12.6. The number of benzene rings is 2. The third kappa shape index (κ3) is 2.33. The van der Waals surface area contributed by atoms with Gasteiger partial charge in [-0.2, -0.15) is 4.98 Å². The van der Waals surface area contributed by atoms with Crippen molar-refractivity contribution in [3.05, 3.63) is 52.8 Å². The molecule has 21 heavy (non-hydrogen) atoms. The molecule has 5 heteroatoms. The highest BCUT2D eigenvalue weighted by atomic mass is 16.5. The number of aromatic amines is 1. The molecule has 1 aromatic heterocycles. The van der Waals surface area contributed by atoms with Crippen molar-refractivity contribution >= 4 is 10.9 Å². The van der Waals surface area contributed by atoms with Gasteiger partial charge in [0.15, 0.2) is 0 Å². The van der Waals surface area contributed by atoms with E-state index >= 15 is 0 Å². The third-order valence-electron chi connectivity index (χ3n) is 3.30. The Bertz CT molecular complexity index is 838. The Labute approximate surface area is 121 Å². The van der Waals surface area contributed by atoms with Crippen LogP contribution in [-0.4, -0.2) is 24.2 Å². The summed E-state index contributed by atoms with van der Waals surface area (Å²) >= 11 is 0. The van der Waals surface area contributed by atoms with Crippen LogP contribution in [0.4, 0.5) is 0 Å². The zero-order valence-electron chi connectivity index (χ0n) is 11.7. The number of hydrogen-bond donors (Lipinski definition) is 1. The van der Waals surface area contributed by atoms with Crippen molar-refractivity contribution in [3.63, 3.8) is 0 Å². The molecule has 0 radical (unpaired) electrons. The summed E-state index contributed by atoms with van der Waals surface area (Å²) in [6.45, 7) is 0. The van der Waals surface area contributed by atoms with Gasteiger partial charge >= 0.3 is 0 Å². The predicted octanol–water partition coefficient (Wildman–Crippen LogP) is 2.61. The van der Waals surface area contributed by atoms with E-state index in [-0.39, 0.29) is 5.56 Å². The van der Waals surface area contributed by atoms with Crippen LogP contribution in [0.25, 0.3) is 22.3 Å². The minimum absolute atomic E-state index is 0.284. The van der Waals surface area contributed by atoms with Gasteiger partial charge in [0.05, 0.1) is 25.1 Å². The first-order valence-corrected chi connectivity index (χ1v) is 6.44. The van der Waals surface area contributed by atoms with Gasteiger partial charge in [-0.3, -0.25) is 4.79 Å². The maximum atomic E-state index is 12.2. The van der Waals surface area contributed by atoms with Crippen molar-refractivity contribution in [2.75, 3.05) is 14.2 Å². The average Bonchev–Trinajstić information content (AvgIpc) is 2.54. The van der Waals surface area contributed by atoms with Gasteiger partial charge in [0.2, 0.25) is 0 Å². The SMILES string of the molecule is COc1ccc(-c2nc(=O)c3cccc(OC)c3[nH]2)cc1. The first kappa shape index (κ1) is 13.2. The van der Waals surface area contributed by atoms with Crippen LogP contribution in [0.5, 0.6) is 11.5 Å². The number of ether oxygens (including phenoxy) is 2. The van der Waals surface area contributed by atoms with Gasteiger partial charge in [-0.15, -0.1) is 0 Å². The van der Waals surface area contributed by atoms with Gasteiger partial charge in [-0.1, -0.05) is 6.07 Å². The zero-order valence-corrected chi connectivity index (χ0v) is 11.7. The Hall–Kier alpha value is -2.82. The molecule has 5 nitrogen and oxygen atoms in total. The fraction of sp³-hybridized carbons (Fsp3) is 0.125. The summed E-state index contributed by atoms with van der Waals surface area (Å²) in [7, 11) is 3.18. The van der Waals surface area contributed by atoms with Crippen LogP contribution in [0.2, 0.25) is 0 Å². The number of H-pyrrole nitrogens is 1. The number of nitrogens with zero attached hydrogens (tertiary/aromatic N) is 1. The lowest BCUT2D eigenvalue weighted by molar-refractivity contribution is 0.415. The largest absolute Gasteiger partial charge is 0.497 e. The standard InChI is InChI=1S/C16H14N2O3/c1-20-11-8-6-10(7-9-11)15-17-14-12(16(19)18-15)4-3-5-13(14)21-2/h3-9H,1-2H3,(H,17,18,19). The van der Waals surface area contributed by atoms with Crippen LogP contribution in [0.1, 0.15) is 0 Å². The van der Waals surface area contributed by atoms with Gasteiger partial charge in [-0.05, 0) is 36.4 Å². The Kier molecular flexibility index (Phi) is 3.31. The second-order valence-corrected chi connectivity index (χ2v) is 4.50. The molecule has 0 aliphatic heterocycles. The molecule has 0 saturated heterocycles. The molecule has 0 aliphatic rings. The van der Waals surface area contributed by atoms with Crippen LogP contribution in [0.3, 0.4) is 0 Å². The second kappa shape index (κ2) is 5.28. The van der Waals surface area contributed by atoms with E-state index in [4.69, 9.17) is 9.47 Å². The third-order valence-corrected chi connectivity index (χ3v) is 3.30. The summed E-state index contributed by atoms with van der Waals surface area (Å²) in [5, 5.41) is 0.506. The predicted molar refractivity (Wildman–Crippen MR) is 80.9 cm³/mol. The highest BCUT2D eigenvalue weighted by molar-refractivity contribution is 5.85. The minimum atomic E-state index is -0.284. The molecule has 0 amide bonds. The molecular formula is C16H14N2O3. The Balaban J connectivity index is 2.21. The van der Waals surface area contributed by atoms with Crippen LogP contribution in [0.15, 0.2) is 47.3 Å². The summed E-state index contributed by atoms with van der Waals surface area (Å²) < 4.78 is 10.4. The Morgan fingerprint density at radius 1 is 1.00 bits per heavy atom. The molecule has 3 rings (SSSR count). The average molecular weight is 282 g/mol. The number of fused-ring (bicyclic) bond motifs is 1. The van der Waals surface area contributed by atoms with Gasteiger partial charge in [0, 0.05) is 5.56 Å². The van der Waals surface area contributed by atoms with Crippen LogP contribution in [0, 0.1) is 0 Å². The van der Waals surface area contributed by atoms with Crippen molar-refractivity contribution in [2.24, 2.45) is 0 Å². The first-order chi connectivity index (χ1) is 10.2. The Morgan fingerprint density at radius 3 is 2.43 bits per heavy atom. The van der Waals surface area contributed by atoms with E-state index in [1.807, 2.05) is 24.3 Å². The molecule has 0 fully saturated rings. The molecule has 3 aromatic rings. The Morgan fingerprint density at radius 2 is 1.76 bits per heavy atom. The number of aromatic nitrogens is 2. The van der Waals surface area contributed by atoms with Crippen molar-refractivity contribution in [1.29, 1.82) is 0 Å². The fourth-order valence-corrected chi connectivity index (χ4v) is 2.20. The highest BCUT2D eigenvalue weighted by Gasteiger charge is 2.09. The monoisotopic (exact) mass is 282 g/mol. The molecule has 0 spiro atoms. The van der Waals surface area contributed by atoms with E-state index in [2.05, 4.69) is 9.97 Å². The maximum Gasteiger partial charge on any atom is 0.281 e. The van der Waals surface area contributed by atoms with Crippen molar-refractivity contribution < 1.29 is 9.47 Å². The van der Waals surface area contributed by atoms with E-state index in [1.54, 1.807) is 32.4 Å². The molecule has 1 N–H and O–H groups in total. The molecule has 106 valence electrons. The number of rotatable bonds is 3. The molecule has 1 heterocycles. The molecule has 0 aliphatic carbocycles. The molecule has 0 saturated carbocycles.